The van der Waals surface area contributed by atoms with Crippen LogP contribution in [0.2, 0.25) is 0 Å². The van der Waals surface area contributed by atoms with Gasteiger partial charge in [0.15, 0.2) is 0 Å². The van der Waals surface area contributed by atoms with Crippen LogP contribution in [0.3, 0.4) is 0 Å². The van der Waals surface area contributed by atoms with Crippen LogP contribution < -0.4 is 11.1 Å². The number of hydrogen-bond donors (Lipinski definition) is 2. The SMILES string of the molecule is CCC(C)[C@H](N)C(=O)NC(c1ccccc1)c1ccccc1.Cl. The molecular weight excluding hydrogens is 308 g/mol. The molecule has 0 bridgehead atoms. The predicted molar refractivity (Wildman–Crippen MR) is 97.5 cm³/mol. The molecule has 2 atom stereocenters. The molecule has 3 N–H and O–H groups in total. The van der Waals surface area contributed by atoms with Crippen molar-refractivity contribution in [3.8, 4) is 0 Å². The molecule has 1 unspecified atom stereocenters. The minimum absolute atomic E-state index is 0. The second-order valence-corrected chi connectivity index (χ2v) is 5.67. The summed E-state index contributed by atoms with van der Waals surface area (Å²) in [7, 11) is 0. The summed E-state index contributed by atoms with van der Waals surface area (Å²) in [5.74, 6) is 0.0549. The molecule has 0 spiro atoms. The fraction of sp³-hybridized carbons (Fsp3) is 0.316. The first-order valence-electron chi connectivity index (χ1n) is 7.79. The zero-order valence-electron chi connectivity index (χ0n) is 13.6. The zero-order valence-corrected chi connectivity index (χ0v) is 14.4. The van der Waals surface area contributed by atoms with Gasteiger partial charge >= 0.3 is 0 Å². The van der Waals surface area contributed by atoms with E-state index in [-0.39, 0.29) is 30.3 Å². The normalized spacial score (nSPS) is 13.0. The van der Waals surface area contributed by atoms with E-state index in [2.05, 4.69) is 5.32 Å². The Labute approximate surface area is 144 Å². The number of nitrogens with one attached hydrogen (secondary N) is 1. The predicted octanol–water partition coefficient (Wildman–Crippen LogP) is 3.69. The third-order valence-electron chi connectivity index (χ3n) is 4.11. The molecule has 0 aliphatic rings. The summed E-state index contributed by atoms with van der Waals surface area (Å²) in [5.41, 5.74) is 8.17. The number of benzene rings is 2. The van der Waals surface area contributed by atoms with E-state index in [9.17, 15) is 4.79 Å². The summed E-state index contributed by atoms with van der Waals surface area (Å²) >= 11 is 0. The number of hydrogen-bond acceptors (Lipinski definition) is 2. The fourth-order valence-corrected chi connectivity index (χ4v) is 2.40. The highest BCUT2D eigenvalue weighted by Gasteiger charge is 2.23. The second kappa shape index (κ2) is 9.33. The van der Waals surface area contributed by atoms with Crippen molar-refractivity contribution in [1.29, 1.82) is 0 Å². The van der Waals surface area contributed by atoms with Crippen LogP contribution in [0, 0.1) is 5.92 Å². The smallest absolute Gasteiger partial charge is 0.237 e. The lowest BCUT2D eigenvalue weighted by atomic mass is 9.96. The van der Waals surface area contributed by atoms with E-state index in [0.717, 1.165) is 17.5 Å². The van der Waals surface area contributed by atoms with E-state index >= 15 is 0 Å². The van der Waals surface area contributed by atoms with Gasteiger partial charge in [-0.1, -0.05) is 80.9 Å². The number of carbonyl (C=O) groups excluding carboxylic acids is 1. The van der Waals surface area contributed by atoms with Crippen molar-refractivity contribution in [2.75, 3.05) is 0 Å². The molecule has 0 saturated heterocycles. The molecule has 124 valence electrons. The van der Waals surface area contributed by atoms with Gasteiger partial charge < -0.3 is 11.1 Å². The minimum atomic E-state index is -0.486. The Morgan fingerprint density at radius 2 is 1.43 bits per heavy atom. The van der Waals surface area contributed by atoms with Crippen molar-refractivity contribution in [1.82, 2.24) is 5.32 Å². The standard InChI is InChI=1S/C19H24N2O.ClH/c1-3-14(2)17(20)19(22)21-18(15-10-6-4-7-11-15)16-12-8-5-9-13-16;/h4-14,17-18H,3,20H2,1-2H3,(H,21,22);1H/t14?,17-;/m0./s1. The van der Waals surface area contributed by atoms with Crippen LogP contribution in [-0.2, 0) is 4.79 Å². The van der Waals surface area contributed by atoms with Gasteiger partial charge in [0.2, 0.25) is 5.91 Å². The van der Waals surface area contributed by atoms with Crippen molar-refractivity contribution < 1.29 is 4.79 Å². The van der Waals surface area contributed by atoms with Crippen molar-refractivity contribution >= 4 is 18.3 Å². The van der Waals surface area contributed by atoms with Crippen molar-refractivity contribution in [3.63, 3.8) is 0 Å². The Kier molecular flexibility index (Phi) is 7.79. The lowest BCUT2D eigenvalue weighted by Gasteiger charge is -2.24. The molecule has 0 aliphatic heterocycles. The summed E-state index contributed by atoms with van der Waals surface area (Å²) in [4.78, 5) is 12.5. The van der Waals surface area contributed by atoms with Crippen molar-refractivity contribution in [2.45, 2.75) is 32.4 Å². The largest absolute Gasteiger partial charge is 0.344 e. The van der Waals surface area contributed by atoms with Gasteiger partial charge in [0.1, 0.15) is 0 Å². The van der Waals surface area contributed by atoms with Crippen LogP contribution in [0.1, 0.15) is 37.4 Å². The van der Waals surface area contributed by atoms with E-state index in [4.69, 9.17) is 5.73 Å². The van der Waals surface area contributed by atoms with E-state index in [1.54, 1.807) is 0 Å². The lowest BCUT2D eigenvalue weighted by Crippen LogP contribution is -2.46. The fourth-order valence-electron chi connectivity index (χ4n) is 2.40. The molecule has 0 aliphatic carbocycles. The molecule has 0 fully saturated rings. The number of carbonyl (C=O) groups is 1. The molecule has 0 radical (unpaired) electrons. The Hall–Kier alpha value is -1.84. The summed E-state index contributed by atoms with van der Waals surface area (Å²) in [6, 6.07) is 19.3. The minimum Gasteiger partial charge on any atom is -0.344 e. The molecule has 2 aromatic carbocycles. The molecule has 1 amide bonds. The van der Waals surface area contributed by atoms with Crippen molar-refractivity contribution in [3.05, 3.63) is 71.8 Å². The van der Waals surface area contributed by atoms with Crippen LogP contribution in [0.25, 0.3) is 0 Å². The van der Waals surface area contributed by atoms with Gasteiger partial charge in [-0.05, 0) is 17.0 Å². The lowest BCUT2D eigenvalue weighted by molar-refractivity contribution is -0.123. The molecule has 0 aromatic heterocycles. The zero-order chi connectivity index (χ0) is 15.9. The summed E-state index contributed by atoms with van der Waals surface area (Å²) in [5, 5.41) is 3.10. The molecule has 23 heavy (non-hydrogen) atoms. The van der Waals surface area contributed by atoms with Gasteiger partial charge in [0, 0.05) is 0 Å². The van der Waals surface area contributed by atoms with E-state index in [1.807, 2.05) is 74.5 Å². The van der Waals surface area contributed by atoms with Crippen LogP contribution in [0.5, 0.6) is 0 Å². The number of rotatable bonds is 6. The number of amides is 1. The highest BCUT2D eigenvalue weighted by Crippen LogP contribution is 2.22. The Bertz CT molecular complexity index is 549. The van der Waals surface area contributed by atoms with E-state index in [0.29, 0.717) is 0 Å². The Balaban J connectivity index is 0.00000264. The van der Waals surface area contributed by atoms with Gasteiger partial charge in [-0.15, -0.1) is 12.4 Å². The third-order valence-corrected chi connectivity index (χ3v) is 4.11. The first-order chi connectivity index (χ1) is 10.6. The van der Waals surface area contributed by atoms with Crippen LogP contribution in [0.15, 0.2) is 60.7 Å². The molecule has 2 aromatic rings. The first kappa shape index (κ1) is 19.2. The number of halogens is 1. The average molecular weight is 333 g/mol. The van der Waals surface area contributed by atoms with E-state index in [1.165, 1.54) is 0 Å². The Morgan fingerprint density at radius 1 is 1.00 bits per heavy atom. The molecule has 3 nitrogen and oxygen atoms in total. The molecule has 0 heterocycles. The maximum absolute atomic E-state index is 12.5. The summed E-state index contributed by atoms with van der Waals surface area (Å²) < 4.78 is 0. The summed E-state index contributed by atoms with van der Waals surface area (Å²) in [6.07, 6.45) is 0.885. The quantitative estimate of drug-likeness (QED) is 0.847. The van der Waals surface area contributed by atoms with Gasteiger partial charge in [-0.3, -0.25) is 4.79 Å². The topological polar surface area (TPSA) is 55.1 Å². The third kappa shape index (κ3) is 5.08. The van der Waals surface area contributed by atoms with Crippen LogP contribution in [-0.4, -0.2) is 11.9 Å². The van der Waals surface area contributed by atoms with Gasteiger partial charge in [0.05, 0.1) is 12.1 Å². The number of nitrogens with two attached hydrogens (primary N) is 1. The van der Waals surface area contributed by atoms with Crippen LogP contribution in [0.4, 0.5) is 0 Å². The van der Waals surface area contributed by atoms with E-state index < -0.39 is 6.04 Å². The van der Waals surface area contributed by atoms with Crippen molar-refractivity contribution in [2.24, 2.45) is 11.7 Å². The highest BCUT2D eigenvalue weighted by atomic mass is 35.5. The molecule has 0 saturated carbocycles. The Morgan fingerprint density at radius 3 is 1.83 bits per heavy atom. The maximum Gasteiger partial charge on any atom is 0.237 e. The van der Waals surface area contributed by atoms with Gasteiger partial charge in [-0.2, -0.15) is 0 Å². The van der Waals surface area contributed by atoms with Gasteiger partial charge in [-0.25, -0.2) is 0 Å². The highest BCUT2D eigenvalue weighted by molar-refractivity contribution is 5.85. The van der Waals surface area contributed by atoms with Crippen LogP contribution >= 0.6 is 12.4 Å². The average Bonchev–Trinajstić information content (AvgIpc) is 2.59. The summed E-state index contributed by atoms with van der Waals surface area (Å²) in [6.45, 7) is 4.05. The maximum atomic E-state index is 12.5. The second-order valence-electron chi connectivity index (χ2n) is 5.67. The van der Waals surface area contributed by atoms with Gasteiger partial charge in [0.25, 0.3) is 0 Å². The monoisotopic (exact) mass is 332 g/mol. The molecule has 4 heteroatoms. The molecule has 2 rings (SSSR count). The molecular formula is C19H25ClN2O. The first-order valence-corrected chi connectivity index (χ1v) is 7.79.